The highest BCUT2D eigenvalue weighted by molar-refractivity contribution is 6.05. The normalized spacial score (nSPS) is 12.6. The molecule has 2 amide bonds. The van der Waals surface area contributed by atoms with Crippen molar-refractivity contribution in [1.29, 1.82) is 5.26 Å². The fourth-order valence-corrected chi connectivity index (χ4v) is 2.42. The Labute approximate surface area is 126 Å². The summed E-state index contributed by atoms with van der Waals surface area (Å²) in [6.45, 7) is 2.35. The first-order valence-corrected chi connectivity index (χ1v) is 6.72. The average molecular weight is 295 g/mol. The predicted octanol–water partition coefficient (Wildman–Crippen LogP) is 1.40. The van der Waals surface area contributed by atoms with Gasteiger partial charge in [-0.3, -0.25) is 14.7 Å². The summed E-state index contributed by atoms with van der Waals surface area (Å²) in [5.41, 5.74) is 2.16. The van der Waals surface area contributed by atoms with Gasteiger partial charge in [-0.05, 0) is 12.1 Å². The zero-order valence-electron chi connectivity index (χ0n) is 11.9. The summed E-state index contributed by atoms with van der Waals surface area (Å²) in [5, 5.41) is 18.7. The molecule has 7 heteroatoms. The van der Waals surface area contributed by atoms with Gasteiger partial charge < -0.3 is 10.2 Å². The van der Waals surface area contributed by atoms with Crippen molar-refractivity contribution < 1.29 is 9.59 Å². The molecule has 0 unspecified atom stereocenters. The van der Waals surface area contributed by atoms with E-state index in [2.05, 4.69) is 15.5 Å². The van der Waals surface area contributed by atoms with Crippen LogP contribution in [0.15, 0.2) is 24.3 Å². The van der Waals surface area contributed by atoms with Gasteiger partial charge in [-0.25, -0.2) is 0 Å². The van der Waals surface area contributed by atoms with Gasteiger partial charge in [0.15, 0.2) is 0 Å². The topological polar surface area (TPSA) is 102 Å². The van der Waals surface area contributed by atoms with Gasteiger partial charge >= 0.3 is 0 Å². The molecule has 2 aromatic rings. The molecule has 7 nitrogen and oxygen atoms in total. The van der Waals surface area contributed by atoms with Gasteiger partial charge in [0.2, 0.25) is 5.91 Å². The van der Waals surface area contributed by atoms with E-state index in [0.29, 0.717) is 30.0 Å². The second kappa shape index (κ2) is 5.33. The van der Waals surface area contributed by atoms with Crippen molar-refractivity contribution in [3.05, 3.63) is 46.6 Å². The average Bonchev–Trinajstić information content (AvgIpc) is 3.09. The molecule has 0 fully saturated rings. The molecule has 1 aromatic heterocycles. The lowest BCUT2D eigenvalue weighted by Gasteiger charge is -2.12. The van der Waals surface area contributed by atoms with Crippen molar-refractivity contribution >= 4 is 17.6 Å². The zero-order chi connectivity index (χ0) is 15.7. The van der Waals surface area contributed by atoms with E-state index < -0.39 is 0 Å². The van der Waals surface area contributed by atoms with Crippen LogP contribution in [0.1, 0.15) is 34.1 Å². The van der Waals surface area contributed by atoms with Crippen molar-refractivity contribution in [3.63, 3.8) is 0 Å². The molecular formula is C15H13N5O2. The molecule has 0 atom stereocenters. The van der Waals surface area contributed by atoms with Gasteiger partial charge in [0.25, 0.3) is 5.91 Å². The fraction of sp³-hybridized carbons (Fsp3) is 0.200. The Bertz CT molecular complexity index is 803. The highest BCUT2D eigenvalue weighted by Crippen LogP contribution is 2.27. The fourth-order valence-electron chi connectivity index (χ4n) is 2.42. The molecule has 110 valence electrons. The van der Waals surface area contributed by atoms with Gasteiger partial charge in [0.1, 0.15) is 5.82 Å². The Morgan fingerprint density at radius 2 is 2.14 bits per heavy atom. The molecule has 0 spiro atoms. The monoisotopic (exact) mass is 295 g/mol. The number of nitriles is 1. The number of hydrogen-bond donors (Lipinski definition) is 2. The smallest absolute Gasteiger partial charge is 0.258 e. The number of rotatable bonds is 2. The summed E-state index contributed by atoms with van der Waals surface area (Å²) in [4.78, 5) is 25.4. The van der Waals surface area contributed by atoms with Crippen LogP contribution in [0.4, 0.5) is 5.82 Å². The van der Waals surface area contributed by atoms with Crippen molar-refractivity contribution in [2.24, 2.45) is 0 Å². The van der Waals surface area contributed by atoms with Crippen LogP contribution < -0.4 is 5.32 Å². The molecule has 3 rings (SSSR count). The number of benzene rings is 1. The van der Waals surface area contributed by atoms with Gasteiger partial charge in [0, 0.05) is 12.5 Å². The lowest BCUT2D eigenvalue weighted by atomic mass is 10.1. The Hall–Kier alpha value is -3.14. The van der Waals surface area contributed by atoms with E-state index in [0.717, 1.165) is 11.3 Å². The Morgan fingerprint density at radius 3 is 2.86 bits per heavy atom. The molecule has 0 bridgehead atoms. The number of carbonyl (C=O) groups excluding carboxylic acids is 2. The first-order valence-electron chi connectivity index (χ1n) is 6.72. The number of aromatic nitrogens is 2. The summed E-state index contributed by atoms with van der Waals surface area (Å²) < 4.78 is 0. The van der Waals surface area contributed by atoms with E-state index in [1.165, 1.54) is 6.92 Å². The molecule has 1 aliphatic rings. The second-order valence-electron chi connectivity index (χ2n) is 5.01. The third kappa shape index (κ3) is 2.31. The molecule has 0 saturated carbocycles. The molecule has 2 heterocycles. The van der Waals surface area contributed by atoms with E-state index in [-0.39, 0.29) is 11.8 Å². The number of aromatic amines is 1. The van der Waals surface area contributed by atoms with Crippen LogP contribution in [-0.4, -0.2) is 26.9 Å². The molecule has 2 N–H and O–H groups in total. The Balaban J connectivity index is 1.83. The molecule has 0 radical (unpaired) electrons. The minimum atomic E-state index is -0.384. The van der Waals surface area contributed by atoms with Crippen LogP contribution in [-0.2, 0) is 17.9 Å². The van der Waals surface area contributed by atoms with Crippen molar-refractivity contribution in [3.8, 4) is 6.07 Å². The third-order valence-electron chi connectivity index (χ3n) is 3.62. The zero-order valence-corrected chi connectivity index (χ0v) is 11.9. The molecule has 0 saturated heterocycles. The SMILES string of the molecule is CC(=O)N1Cc2n[nH]c(NC(=O)c3ccccc3C#N)c2C1. The van der Waals surface area contributed by atoms with Crippen molar-refractivity contribution in [2.45, 2.75) is 20.0 Å². The highest BCUT2D eigenvalue weighted by Gasteiger charge is 2.27. The van der Waals surface area contributed by atoms with E-state index in [1.807, 2.05) is 6.07 Å². The highest BCUT2D eigenvalue weighted by atomic mass is 16.2. The predicted molar refractivity (Wildman–Crippen MR) is 77.6 cm³/mol. The molecule has 0 aliphatic carbocycles. The first-order chi connectivity index (χ1) is 10.6. The van der Waals surface area contributed by atoms with E-state index in [9.17, 15) is 9.59 Å². The standard InChI is InChI=1S/C15H13N5O2/c1-9(21)20-7-12-13(8-20)18-19-14(12)17-15(22)11-5-3-2-4-10(11)6-16/h2-5H,7-8H2,1H3,(H2,17,18,19,22). The maximum Gasteiger partial charge on any atom is 0.258 e. The minimum absolute atomic E-state index is 0.0369. The van der Waals surface area contributed by atoms with Crippen LogP contribution in [0.5, 0.6) is 0 Å². The van der Waals surface area contributed by atoms with Crippen molar-refractivity contribution in [1.82, 2.24) is 15.1 Å². The van der Waals surface area contributed by atoms with Gasteiger partial charge in [-0.15, -0.1) is 0 Å². The molecule has 22 heavy (non-hydrogen) atoms. The van der Waals surface area contributed by atoms with Crippen LogP contribution in [0.3, 0.4) is 0 Å². The minimum Gasteiger partial charge on any atom is -0.332 e. The first kappa shape index (κ1) is 13.8. The quantitative estimate of drug-likeness (QED) is 0.874. The van der Waals surface area contributed by atoms with Gasteiger partial charge in [-0.2, -0.15) is 10.4 Å². The summed E-state index contributed by atoms with van der Waals surface area (Å²) in [6.07, 6.45) is 0. The number of hydrogen-bond acceptors (Lipinski definition) is 4. The Morgan fingerprint density at radius 1 is 1.36 bits per heavy atom. The molecular weight excluding hydrogens is 282 g/mol. The van der Waals surface area contributed by atoms with E-state index in [4.69, 9.17) is 5.26 Å². The van der Waals surface area contributed by atoms with Crippen LogP contribution in [0, 0.1) is 11.3 Å². The van der Waals surface area contributed by atoms with Gasteiger partial charge in [-0.1, -0.05) is 12.1 Å². The lowest BCUT2D eigenvalue weighted by Crippen LogP contribution is -2.23. The van der Waals surface area contributed by atoms with E-state index >= 15 is 0 Å². The summed E-state index contributed by atoms with van der Waals surface area (Å²) in [5.74, 6) is 0.0477. The largest absolute Gasteiger partial charge is 0.332 e. The van der Waals surface area contributed by atoms with Gasteiger partial charge in [0.05, 0.1) is 36.0 Å². The maximum atomic E-state index is 12.3. The summed E-state index contributed by atoms with van der Waals surface area (Å²) in [7, 11) is 0. The lowest BCUT2D eigenvalue weighted by molar-refractivity contribution is -0.129. The number of fused-ring (bicyclic) bond motifs is 1. The second-order valence-corrected chi connectivity index (χ2v) is 5.01. The van der Waals surface area contributed by atoms with Crippen LogP contribution >= 0.6 is 0 Å². The van der Waals surface area contributed by atoms with E-state index in [1.54, 1.807) is 29.2 Å². The number of nitrogens with one attached hydrogen (secondary N) is 2. The third-order valence-corrected chi connectivity index (χ3v) is 3.62. The molecule has 1 aliphatic heterocycles. The number of H-pyrrole nitrogens is 1. The Kier molecular flexibility index (Phi) is 3.35. The summed E-state index contributed by atoms with van der Waals surface area (Å²) in [6, 6.07) is 8.57. The van der Waals surface area contributed by atoms with Crippen LogP contribution in [0.25, 0.3) is 0 Å². The number of anilines is 1. The maximum absolute atomic E-state index is 12.3. The van der Waals surface area contributed by atoms with Crippen LogP contribution in [0.2, 0.25) is 0 Å². The van der Waals surface area contributed by atoms with Crippen molar-refractivity contribution in [2.75, 3.05) is 5.32 Å². The number of nitrogens with zero attached hydrogens (tertiary/aromatic N) is 3. The summed E-state index contributed by atoms with van der Waals surface area (Å²) >= 11 is 0. The number of carbonyl (C=O) groups is 2. The molecule has 1 aromatic carbocycles. The number of amides is 2.